The maximum atomic E-state index is 15.1. The molecule has 0 spiro atoms. The summed E-state index contributed by atoms with van der Waals surface area (Å²) in [5.41, 5.74) is -3.57. The van der Waals surface area contributed by atoms with Crippen LogP contribution >= 0.6 is 7.82 Å². The van der Waals surface area contributed by atoms with Gasteiger partial charge in [0, 0.05) is 26.0 Å². The van der Waals surface area contributed by atoms with Gasteiger partial charge >= 0.3 is 59.1 Å². The molecule has 3 aromatic rings. The van der Waals surface area contributed by atoms with Crippen LogP contribution in [0, 0.1) is 5.82 Å². The summed E-state index contributed by atoms with van der Waals surface area (Å²) in [5, 5.41) is 4.95. The van der Waals surface area contributed by atoms with Crippen molar-refractivity contribution in [1.29, 1.82) is 0 Å². The second-order valence-corrected chi connectivity index (χ2v) is 8.72. The first-order chi connectivity index (χ1) is 22.6. The van der Waals surface area contributed by atoms with Gasteiger partial charge in [-0.15, -0.1) is 0 Å². The number of nitrogens with one attached hydrogen (secondary N) is 2. The van der Waals surface area contributed by atoms with E-state index in [0.717, 1.165) is 0 Å². The molecule has 0 atom stereocenters. The van der Waals surface area contributed by atoms with Gasteiger partial charge in [0.05, 0.1) is 39.4 Å². The van der Waals surface area contributed by atoms with E-state index in [0.29, 0.717) is 0 Å². The fourth-order valence-electron chi connectivity index (χ4n) is 3.27. The molecule has 4 rings (SSSR count). The molecule has 1 amide bonds. The molecule has 2 N–H and O–H groups in total. The summed E-state index contributed by atoms with van der Waals surface area (Å²) in [7, 11) is -1.83. The molecule has 0 aliphatic carbocycles. The van der Waals surface area contributed by atoms with E-state index in [9.17, 15) is 19.1 Å². The number of carbonyl (C=O) groups is 1. The van der Waals surface area contributed by atoms with Gasteiger partial charge in [0.15, 0.2) is 40.3 Å². The molecule has 0 radical (unpaired) electrons. The Balaban J connectivity index is 0.00000451. The second-order valence-electron chi connectivity index (χ2n) is 7.57. The van der Waals surface area contributed by atoms with Gasteiger partial charge in [0.2, 0.25) is 11.7 Å². The number of hydrogen-bond donors (Lipinski definition) is 2. The van der Waals surface area contributed by atoms with E-state index in [2.05, 4.69) is 30.1 Å². The Hall–Kier alpha value is -2.24. The van der Waals surface area contributed by atoms with Crippen LogP contribution in [0.3, 0.4) is 0 Å². The predicted molar refractivity (Wildman–Crippen MR) is 135 cm³/mol. The molecule has 19 heteroatoms. The van der Waals surface area contributed by atoms with Crippen molar-refractivity contribution in [3.63, 3.8) is 0 Å². The van der Waals surface area contributed by atoms with Crippen LogP contribution < -0.4 is 103 Å². The van der Waals surface area contributed by atoms with E-state index in [1.807, 2.05) is 0 Å². The van der Waals surface area contributed by atoms with Crippen LogP contribution in [-0.2, 0) is 13.9 Å². The van der Waals surface area contributed by atoms with Gasteiger partial charge in [-0.2, -0.15) is 4.98 Å². The van der Waals surface area contributed by atoms with Crippen molar-refractivity contribution in [2.75, 3.05) is 43.6 Å². The topological polar surface area (TPSA) is 192 Å². The summed E-state index contributed by atoms with van der Waals surface area (Å²) in [6.45, 7) is -9.25. The number of rotatable bonds is 10. The molecule has 214 valence electrons. The van der Waals surface area contributed by atoms with Crippen molar-refractivity contribution in [3.05, 3.63) is 36.2 Å². The summed E-state index contributed by atoms with van der Waals surface area (Å²) < 4.78 is 123. The zero-order chi connectivity index (χ0) is 36.9. The quantitative estimate of drug-likeness (QED) is 0.161. The Morgan fingerprint density at radius 2 is 1.79 bits per heavy atom. The number of pyridine rings is 1. The van der Waals surface area contributed by atoms with Crippen LogP contribution in [0.15, 0.2) is 30.4 Å². The number of anilines is 5. The van der Waals surface area contributed by atoms with Crippen LogP contribution in [0.1, 0.15) is 26.0 Å². The first-order valence-electron chi connectivity index (χ1n) is 15.2. The monoisotopic (exact) mass is 633 g/mol. The normalized spacial score (nSPS) is 17.2. The van der Waals surface area contributed by atoms with Gasteiger partial charge in [-0.05, 0) is 25.8 Å². The third-order valence-corrected chi connectivity index (χ3v) is 5.39. The average Bonchev–Trinajstić information content (AvgIpc) is 2.99. The van der Waals surface area contributed by atoms with E-state index < -0.39 is 93.0 Å². The van der Waals surface area contributed by atoms with Gasteiger partial charge in [0.1, 0.15) is 12.5 Å². The standard InChI is InChI=1S/C23H26FN6O9P.2Na/c1-23(2)21(31)30(11-38-40(32,33)34)20-14(39-23)6-7-17(28-20)27-19-13(24)10-25-22(29-19)26-12-8-15(35-3)18(37-5)16(9-12)36-4;;/h6-10H,11H2,1-5H3,(H2,32,33,34)(H2,25,26,27,28,29);;/q;2*+1/p-2/i1D3,2D3,6D,7D,10D;;. The number of ether oxygens (including phenoxy) is 4. The number of nitrogens with zero attached hydrogens (tertiary/aromatic N) is 4. The molecule has 1 aliphatic heterocycles. The molecule has 42 heavy (non-hydrogen) atoms. The van der Waals surface area contributed by atoms with Crippen LogP contribution in [0.25, 0.3) is 0 Å². The third-order valence-electron chi connectivity index (χ3n) is 4.96. The van der Waals surface area contributed by atoms with Gasteiger partial charge in [0.25, 0.3) is 5.91 Å². The summed E-state index contributed by atoms with van der Waals surface area (Å²) in [4.78, 5) is 47.5. The predicted octanol–water partition coefficient (Wildman–Crippen LogP) is -4.16. The van der Waals surface area contributed by atoms with Gasteiger partial charge < -0.3 is 48.5 Å². The van der Waals surface area contributed by atoms with Gasteiger partial charge in [-0.3, -0.25) is 9.69 Å². The second kappa shape index (κ2) is 14.5. The zero-order valence-electron chi connectivity index (χ0n) is 31.7. The molecule has 0 saturated heterocycles. The minimum absolute atomic E-state index is 0. The minimum Gasteiger partial charge on any atom is -0.790 e. The zero-order valence-corrected chi connectivity index (χ0v) is 27.5. The Kier molecular flexibility index (Phi) is 8.32. The number of fused-ring (bicyclic) bond motifs is 1. The van der Waals surface area contributed by atoms with Crippen LogP contribution in [-0.4, -0.2) is 54.5 Å². The van der Waals surface area contributed by atoms with Crippen molar-refractivity contribution in [3.8, 4) is 23.0 Å². The van der Waals surface area contributed by atoms with Gasteiger partial charge in [-0.25, -0.2) is 14.4 Å². The number of amides is 1. The molecule has 0 saturated carbocycles. The van der Waals surface area contributed by atoms with E-state index in [1.54, 1.807) is 0 Å². The molecule has 3 heterocycles. The van der Waals surface area contributed by atoms with Gasteiger partial charge in [-0.1, -0.05) is 0 Å². The molecule has 0 unspecified atom stereocenters. The number of benzene rings is 1. The molecule has 2 aromatic heterocycles. The van der Waals surface area contributed by atoms with E-state index in [4.69, 9.17) is 31.3 Å². The number of aromatic nitrogens is 3. The first-order valence-corrected chi connectivity index (χ1v) is 12.1. The SMILES string of the molecule is [2H]c1nc(Nc2cc(OC)c(OC)c(OC)c2)nc(Nc2nc3c(c([2H])c2[2H])OC(C([2H])([2H])[2H])(C([2H])([2H])[2H])C(=O)N3COP(=O)([O-])[O-])c1F.[Na+].[Na+]. The molecular weight excluding hydrogens is 600 g/mol. The molecule has 15 nitrogen and oxygen atoms in total. The number of methoxy groups -OCH3 is 3. The molecule has 0 bridgehead atoms. The molecule has 1 aromatic carbocycles. The summed E-state index contributed by atoms with van der Waals surface area (Å²) in [5.74, 6) is -6.88. The van der Waals surface area contributed by atoms with E-state index in [1.165, 1.54) is 33.5 Å². The molecule has 0 fully saturated rings. The van der Waals surface area contributed by atoms with Crippen LogP contribution in [0.2, 0.25) is 0 Å². The number of carbonyl (C=O) groups excluding carboxylic acids is 1. The number of halogens is 1. The fraction of sp³-hybridized carbons (Fsp3) is 0.304. The van der Waals surface area contributed by atoms with E-state index in [-0.39, 0.29) is 87.0 Å². The largest absolute Gasteiger partial charge is 1.00 e. The number of phosphoric acid groups is 1. The van der Waals surface area contributed by atoms with Crippen LogP contribution in [0.5, 0.6) is 23.0 Å². The third kappa shape index (κ3) is 8.23. The van der Waals surface area contributed by atoms with Crippen LogP contribution in [0.4, 0.5) is 33.5 Å². The maximum Gasteiger partial charge on any atom is 1.00 e. The minimum atomic E-state index is -5.90. The summed E-state index contributed by atoms with van der Waals surface area (Å²) >= 11 is 0. The maximum absolute atomic E-state index is 15.1. The molecular formula is C23H24FN6Na2O9P. The molecule has 1 aliphatic rings. The average molecular weight is 633 g/mol. The van der Waals surface area contributed by atoms with Crippen molar-refractivity contribution in [2.45, 2.75) is 19.3 Å². The summed E-state index contributed by atoms with van der Waals surface area (Å²) in [6.07, 6.45) is -0.988. The van der Waals surface area contributed by atoms with Crippen molar-refractivity contribution in [2.24, 2.45) is 0 Å². The van der Waals surface area contributed by atoms with Crippen molar-refractivity contribution >= 4 is 42.8 Å². The number of phosphoric ester groups is 1. The van der Waals surface area contributed by atoms with Crippen molar-refractivity contribution < 1.29 is 118 Å². The van der Waals surface area contributed by atoms with E-state index >= 15 is 4.39 Å². The fourth-order valence-corrected chi connectivity index (χ4v) is 3.53. The Morgan fingerprint density at radius 1 is 1.12 bits per heavy atom. The smallest absolute Gasteiger partial charge is 0.790 e. The Bertz CT molecular complexity index is 1820. The first kappa shape index (κ1) is 24.1. The summed E-state index contributed by atoms with van der Waals surface area (Å²) in [6, 6.07) is 0.741. The Morgan fingerprint density at radius 3 is 2.36 bits per heavy atom. The Labute approximate surface area is 296 Å². The van der Waals surface area contributed by atoms with Crippen molar-refractivity contribution in [1.82, 2.24) is 15.0 Å². The number of hydrogen-bond acceptors (Lipinski definition) is 14.